The average molecular weight is 449 g/mol. The molecule has 2 aromatic rings. The van der Waals surface area contributed by atoms with Crippen molar-refractivity contribution in [2.75, 3.05) is 19.7 Å². The van der Waals surface area contributed by atoms with E-state index < -0.39 is 6.04 Å². The summed E-state index contributed by atoms with van der Waals surface area (Å²) in [6.07, 6.45) is 0.592. The molecule has 30 heavy (non-hydrogen) atoms. The van der Waals surface area contributed by atoms with E-state index in [9.17, 15) is 14.4 Å². The Morgan fingerprint density at radius 1 is 1.13 bits per heavy atom. The van der Waals surface area contributed by atoms with Gasteiger partial charge in [-0.05, 0) is 42.7 Å². The Hall–Kier alpha value is -2.57. The molecule has 0 spiro atoms. The molecule has 2 amide bonds. The fourth-order valence-electron chi connectivity index (χ4n) is 3.45. The van der Waals surface area contributed by atoms with Gasteiger partial charge in [-0.15, -0.1) is 0 Å². The van der Waals surface area contributed by atoms with Gasteiger partial charge in [0.15, 0.2) is 0 Å². The largest absolute Gasteiger partial charge is 0.466 e. The molecule has 0 radical (unpaired) electrons. The Bertz CT molecular complexity index is 964. The lowest BCUT2D eigenvalue weighted by Crippen LogP contribution is -2.40. The predicted molar refractivity (Wildman–Crippen MR) is 115 cm³/mol. The van der Waals surface area contributed by atoms with Gasteiger partial charge in [0.25, 0.3) is 5.91 Å². The fraction of sp³-hybridized carbons (Fsp3) is 0.318. The van der Waals surface area contributed by atoms with E-state index in [1.807, 2.05) is 6.07 Å². The zero-order valence-electron chi connectivity index (χ0n) is 16.5. The first kappa shape index (κ1) is 22.1. The summed E-state index contributed by atoms with van der Waals surface area (Å²) in [7, 11) is 0. The van der Waals surface area contributed by atoms with E-state index in [2.05, 4.69) is 5.32 Å². The molecule has 1 aliphatic heterocycles. The Morgan fingerprint density at radius 3 is 2.63 bits per heavy atom. The highest BCUT2D eigenvalue weighted by molar-refractivity contribution is 6.42. The van der Waals surface area contributed by atoms with E-state index >= 15 is 0 Å². The summed E-state index contributed by atoms with van der Waals surface area (Å²) in [5, 5.41) is 3.65. The zero-order valence-corrected chi connectivity index (χ0v) is 18.0. The molecule has 1 heterocycles. The third-order valence-corrected chi connectivity index (χ3v) is 5.60. The van der Waals surface area contributed by atoms with E-state index in [1.54, 1.807) is 48.2 Å². The molecular formula is C22H22Cl2N2O4. The van der Waals surface area contributed by atoms with Crippen LogP contribution in [0.1, 0.15) is 40.9 Å². The summed E-state index contributed by atoms with van der Waals surface area (Å²) in [4.78, 5) is 38.9. The van der Waals surface area contributed by atoms with Gasteiger partial charge < -0.3 is 15.0 Å². The quantitative estimate of drug-likeness (QED) is 0.623. The number of nitrogens with one attached hydrogen (secondary N) is 1. The van der Waals surface area contributed by atoms with E-state index in [4.69, 9.17) is 27.9 Å². The number of carbonyl (C=O) groups excluding carboxylic acids is 3. The van der Waals surface area contributed by atoms with Gasteiger partial charge in [0.2, 0.25) is 5.91 Å². The van der Waals surface area contributed by atoms with E-state index in [0.717, 1.165) is 5.56 Å². The maximum atomic E-state index is 12.9. The topological polar surface area (TPSA) is 75.7 Å². The lowest BCUT2D eigenvalue weighted by atomic mass is 10.0. The van der Waals surface area contributed by atoms with Crippen LogP contribution in [0.2, 0.25) is 10.0 Å². The van der Waals surface area contributed by atoms with Crippen LogP contribution in [0.15, 0.2) is 42.5 Å². The molecule has 0 bridgehead atoms. The highest BCUT2D eigenvalue weighted by Gasteiger charge is 2.40. The Morgan fingerprint density at radius 2 is 1.90 bits per heavy atom. The maximum Gasteiger partial charge on any atom is 0.307 e. The summed E-state index contributed by atoms with van der Waals surface area (Å²) >= 11 is 12.0. The smallest absolute Gasteiger partial charge is 0.307 e. The van der Waals surface area contributed by atoms with Crippen molar-refractivity contribution in [1.82, 2.24) is 10.2 Å². The molecule has 6 nitrogen and oxygen atoms in total. The lowest BCUT2D eigenvalue weighted by Gasteiger charge is -2.24. The Kier molecular flexibility index (Phi) is 7.34. The van der Waals surface area contributed by atoms with Gasteiger partial charge in [-0.2, -0.15) is 0 Å². The van der Waals surface area contributed by atoms with Crippen molar-refractivity contribution in [3.05, 3.63) is 69.2 Å². The lowest BCUT2D eigenvalue weighted by molar-refractivity contribution is -0.143. The van der Waals surface area contributed by atoms with Crippen molar-refractivity contribution in [2.24, 2.45) is 0 Å². The van der Waals surface area contributed by atoms with E-state index in [0.29, 0.717) is 40.7 Å². The minimum Gasteiger partial charge on any atom is -0.466 e. The summed E-state index contributed by atoms with van der Waals surface area (Å²) < 4.78 is 4.87. The summed E-state index contributed by atoms with van der Waals surface area (Å²) in [5.74, 6) is -0.903. The second kappa shape index (κ2) is 9.96. The fourth-order valence-corrected chi connectivity index (χ4v) is 3.77. The highest BCUT2D eigenvalue weighted by atomic mass is 35.5. The molecule has 1 N–H and O–H groups in total. The van der Waals surface area contributed by atoms with Crippen molar-refractivity contribution in [3.8, 4) is 0 Å². The number of ether oxygens (including phenoxy) is 1. The van der Waals surface area contributed by atoms with E-state index in [-0.39, 0.29) is 30.7 Å². The van der Waals surface area contributed by atoms with Crippen LogP contribution in [0, 0.1) is 0 Å². The number of nitrogens with zero attached hydrogens (tertiary/aromatic N) is 1. The second-order valence-electron chi connectivity index (χ2n) is 6.83. The summed E-state index contributed by atoms with van der Waals surface area (Å²) in [6.45, 7) is 2.50. The molecule has 2 aromatic carbocycles. The number of hydrogen-bond donors (Lipinski definition) is 1. The monoisotopic (exact) mass is 448 g/mol. The molecule has 0 aromatic heterocycles. The van der Waals surface area contributed by atoms with Crippen LogP contribution in [0.3, 0.4) is 0 Å². The molecule has 1 aliphatic rings. The van der Waals surface area contributed by atoms with Crippen molar-refractivity contribution in [3.63, 3.8) is 0 Å². The number of rotatable bonds is 8. The van der Waals surface area contributed by atoms with Crippen LogP contribution in [0.5, 0.6) is 0 Å². The molecule has 1 atom stereocenters. The van der Waals surface area contributed by atoms with Gasteiger partial charge in [0, 0.05) is 18.7 Å². The van der Waals surface area contributed by atoms with Crippen molar-refractivity contribution in [1.29, 1.82) is 0 Å². The number of fused-ring (bicyclic) bond motifs is 1. The van der Waals surface area contributed by atoms with Crippen molar-refractivity contribution in [2.45, 2.75) is 25.8 Å². The van der Waals surface area contributed by atoms with Gasteiger partial charge >= 0.3 is 5.97 Å². The van der Waals surface area contributed by atoms with Gasteiger partial charge in [0.1, 0.15) is 6.04 Å². The van der Waals surface area contributed by atoms with Gasteiger partial charge in [-0.3, -0.25) is 14.4 Å². The first-order chi connectivity index (χ1) is 14.4. The molecule has 3 rings (SSSR count). The molecule has 0 saturated carbocycles. The van der Waals surface area contributed by atoms with E-state index in [1.165, 1.54) is 0 Å². The van der Waals surface area contributed by atoms with Crippen LogP contribution in [-0.4, -0.2) is 42.4 Å². The Labute approximate surface area is 185 Å². The highest BCUT2D eigenvalue weighted by Crippen LogP contribution is 2.34. The first-order valence-corrected chi connectivity index (χ1v) is 10.4. The number of amides is 2. The zero-order chi connectivity index (χ0) is 21.7. The normalized spacial score (nSPS) is 15.1. The van der Waals surface area contributed by atoms with Crippen LogP contribution in [0.4, 0.5) is 0 Å². The third-order valence-electron chi connectivity index (χ3n) is 4.87. The standard InChI is InChI=1S/C22H22Cl2N2O4/c1-2-30-19(27)9-11-25-21(28)20-15-5-3-4-6-16(15)22(29)26(20)12-10-14-7-8-17(23)18(24)13-14/h3-8,13,20H,2,9-12H2,1H3,(H,25,28). The van der Waals surface area contributed by atoms with Gasteiger partial charge in [-0.1, -0.05) is 47.5 Å². The van der Waals surface area contributed by atoms with Crippen LogP contribution in [0.25, 0.3) is 0 Å². The SMILES string of the molecule is CCOC(=O)CCNC(=O)C1c2ccccc2C(=O)N1CCc1ccc(Cl)c(Cl)c1. The second-order valence-corrected chi connectivity index (χ2v) is 7.65. The molecular weight excluding hydrogens is 427 g/mol. The Balaban J connectivity index is 1.73. The molecule has 0 aliphatic carbocycles. The molecule has 8 heteroatoms. The van der Waals surface area contributed by atoms with Gasteiger partial charge in [-0.25, -0.2) is 0 Å². The minimum atomic E-state index is -0.751. The summed E-state index contributed by atoms with van der Waals surface area (Å²) in [6, 6.07) is 11.6. The third kappa shape index (κ3) is 4.94. The number of benzene rings is 2. The average Bonchev–Trinajstić information content (AvgIpc) is 3.01. The molecule has 158 valence electrons. The molecule has 0 fully saturated rings. The minimum absolute atomic E-state index is 0.0746. The number of hydrogen-bond acceptors (Lipinski definition) is 4. The molecule has 1 unspecified atom stereocenters. The van der Waals surface area contributed by atoms with Crippen molar-refractivity contribution < 1.29 is 19.1 Å². The van der Waals surface area contributed by atoms with Crippen LogP contribution < -0.4 is 5.32 Å². The molecule has 0 saturated heterocycles. The number of halogens is 2. The van der Waals surface area contributed by atoms with Crippen LogP contribution in [-0.2, 0) is 20.7 Å². The number of carbonyl (C=O) groups is 3. The number of esters is 1. The first-order valence-electron chi connectivity index (χ1n) is 9.69. The summed E-state index contributed by atoms with van der Waals surface area (Å²) in [5.41, 5.74) is 2.08. The van der Waals surface area contributed by atoms with Crippen molar-refractivity contribution >= 4 is 41.0 Å². The maximum absolute atomic E-state index is 12.9. The predicted octanol–water partition coefficient (Wildman–Crippen LogP) is 3.80. The van der Waals surface area contributed by atoms with Crippen LogP contribution >= 0.6 is 23.2 Å². The van der Waals surface area contributed by atoms with Gasteiger partial charge in [0.05, 0.1) is 23.1 Å².